The molecule has 0 fully saturated rings. The lowest BCUT2D eigenvalue weighted by atomic mass is 10.3. The molecule has 1 aromatic rings. The summed E-state index contributed by atoms with van der Waals surface area (Å²) in [4.78, 5) is 10.1. The van der Waals surface area contributed by atoms with Crippen LogP contribution in [0.3, 0.4) is 0 Å². The first-order valence-corrected chi connectivity index (χ1v) is 7.35. The van der Waals surface area contributed by atoms with E-state index in [4.69, 9.17) is 17.3 Å². The van der Waals surface area contributed by atoms with Gasteiger partial charge in [0.1, 0.15) is 11.4 Å². The van der Waals surface area contributed by atoms with E-state index in [1.165, 1.54) is 0 Å². The van der Waals surface area contributed by atoms with Crippen molar-refractivity contribution in [3.05, 3.63) is 21.4 Å². The Balaban J connectivity index is 3.19. The fourth-order valence-corrected chi connectivity index (χ4v) is 2.75. The summed E-state index contributed by atoms with van der Waals surface area (Å²) < 4.78 is 43.6. The van der Waals surface area contributed by atoms with Crippen LogP contribution in [0.5, 0.6) is 0 Å². The Kier molecular flexibility index (Phi) is 5.13. The van der Waals surface area contributed by atoms with Crippen molar-refractivity contribution in [2.24, 2.45) is 0 Å². The zero-order valence-corrected chi connectivity index (χ0v) is 12.7. The topological polar surface area (TPSA) is 98.5 Å². The molecule has 1 rings (SSSR count). The monoisotopic (exact) mass is 374 g/mol. The summed E-state index contributed by atoms with van der Waals surface area (Å²) in [5, 5.41) is -0.0719. The standard InChI is InChI=1S/C9H9BrClFN2O4S/c1-18-6(15)3-14-19(16,17)5-2-4(11)7(10)9(13)8(5)12/h2,14H,3,13H2,1H3. The van der Waals surface area contributed by atoms with E-state index in [0.717, 1.165) is 13.2 Å². The lowest BCUT2D eigenvalue weighted by Gasteiger charge is -2.10. The highest BCUT2D eigenvalue weighted by atomic mass is 79.9. The molecule has 0 atom stereocenters. The number of sulfonamides is 1. The number of rotatable bonds is 4. The van der Waals surface area contributed by atoms with Crippen molar-refractivity contribution in [2.75, 3.05) is 19.4 Å². The quantitative estimate of drug-likeness (QED) is 0.469. The molecular formula is C9H9BrClFN2O4S. The normalized spacial score (nSPS) is 11.4. The second-order valence-corrected chi connectivity index (χ2v) is 6.23. The van der Waals surface area contributed by atoms with Crippen LogP contribution in [0, 0.1) is 5.82 Å². The Bertz CT molecular complexity index is 623. The number of hydrogen-bond acceptors (Lipinski definition) is 5. The van der Waals surface area contributed by atoms with Gasteiger partial charge in [0.25, 0.3) is 0 Å². The summed E-state index contributed by atoms with van der Waals surface area (Å²) in [6, 6.07) is 0.886. The van der Waals surface area contributed by atoms with E-state index < -0.39 is 38.9 Å². The van der Waals surface area contributed by atoms with Crippen molar-refractivity contribution in [1.29, 1.82) is 0 Å². The van der Waals surface area contributed by atoms with Crippen LogP contribution in [-0.2, 0) is 19.6 Å². The van der Waals surface area contributed by atoms with Gasteiger partial charge in [-0.2, -0.15) is 4.72 Å². The number of ether oxygens (including phenoxy) is 1. The van der Waals surface area contributed by atoms with Crippen LogP contribution in [0.15, 0.2) is 15.4 Å². The summed E-state index contributed by atoms with van der Waals surface area (Å²) >= 11 is 8.63. The number of methoxy groups -OCH3 is 1. The van der Waals surface area contributed by atoms with E-state index in [0.29, 0.717) is 0 Å². The first-order valence-electron chi connectivity index (χ1n) is 4.70. The molecule has 0 spiro atoms. The molecule has 0 aliphatic heterocycles. The highest BCUT2D eigenvalue weighted by molar-refractivity contribution is 9.10. The van der Waals surface area contributed by atoms with Crippen molar-refractivity contribution >= 4 is 49.2 Å². The number of esters is 1. The molecule has 10 heteroatoms. The van der Waals surface area contributed by atoms with Gasteiger partial charge in [-0.15, -0.1) is 0 Å². The van der Waals surface area contributed by atoms with E-state index >= 15 is 0 Å². The first kappa shape index (κ1) is 16.2. The fourth-order valence-electron chi connectivity index (χ4n) is 1.10. The zero-order chi connectivity index (χ0) is 14.8. The largest absolute Gasteiger partial charge is 0.468 e. The minimum atomic E-state index is -4.27. The van der Waals surface area contributed by atoms with Crippen LogP contribution in [0.25, 0.3) is 0 Å². The summed E-state index contributed by atoms with van der Waals surface area (Å²) in [5.41, 5.74) is 4.93. The number of carbonyl (C=O) groups excluding carboxylic acids is 1. The number of carbonyl (C=O) groups is 1. The second kappa shape index (κ2) is 6.04. The van der Waals surface area contributed by atoms with Crippen molar-refractivity contribution in [2.45, 2.75) is 4.90 Å². The van der Waals surface area contributed by atoms with Gasteiger partial charge in [0.05, 0.1) is 22.3 Å². The predicted molar refractivity (Wildman–Crippen MR) is 70.7 cm³/mol. The van der Waals surface area contributed by atoms with Gasteiger partial charge in [0.15, 0.2) is 5.82 Å². The molecule has 0 bridgehead atoms. The lowest BCUT2D eigenvalue weighted by Crippen LogP contribution is -2.31. The molecule has 0 saturated carbocycles. The maximum Gasteiger partial charge on any atom is 0.320 e. The Hall–Kier alpha value is -0.900. The molecule has 3 N–H and O–H groups in total. The molecule has 0 heterocycles. The van der Waals surface area contributed by atoms with Crippen molar-refractivity contribution in [1.82, 2.24) is 4.72 Å². The third-order valence-electron chi connectivity index (χ3n) is 2.08. The van der Waals surface area contributed by atoms with Crippen LogP contribution in [0.2, 0.25) is 5.02 Å². The van der Waals surface area contributed by atoms with Gasteiger partial charge in [-0.1, -0.05) is 11.6 Å². The van der Waals surface area contributed by atoms with E-state index in [2.05, 4.69) is 20.7 Å². The van der Waals surface area contributed by atoms with Crippen LogP contribution >= 0.6 is 27.5 Å². The van der Waals surface area contributed by atoms with Gasteiger partial charge in [0, 0.05) is 0 Å². The van der Waals surface area contributed by atoms with Crippen molar-refractivity contribution < 1.29 is 22.3 Å². The summed E-state index contributed by atoms with van der Waals surface area (Å²) in [6.07, 6.45) is 0. The molecule has 1 aromatic carbocycles. The first-order chi connectivity index (χ1) is 8.70. The van der Waals surface area contributed by atoms with Gasteiger partial charge in [-0.3, -0.25) is 4.79 Å². The fraction of sp³-hybridized carbons (Fsp3) is 0.222. The maximum atomic E-state index is 13.8. The van der Waals surface area contributed by atoms with Crippen LogP contribution < -0.4 is 10.5 Å². The minimum absolute atomic E-state index is 0.0542. The number of nitrogens with two attached hydrogens (primary N) is 1. The van der Waals surface area contributed by atoms with Crippen molar-refractivity contribution in [3.63, 3.8) is 0 Å². The van der Waals surface area contributed by atoms with E-state index in [9.17, 15) is 17.6 Å². The van der Waals surface area contributed by atoms with E-state index in [1.54, 1.807) is 0 Å². The SMILES string of the molecule is COC(=O)CNS(=O)(=O)c1cc(Cl)c(Br)c(N)c1F. The predicted octanol–water partition coefficient (Wildman–Crippen LogP) is 1.28. The zero-order valence-electron chi connectivity index (χ0n) is 9.54. The van der Waals surface area contributed by atoms with Gasteiger partial charge in [0.2, 0.25) is 10.0 Å². The van der Waals surface area contributed by atoms with Gasteiger partial charge >= 0.3 is 5.97 Å². The third-order valence-corrected chi connectivity index (χ3v) is 4.86. The Morgan fingerprint density at radius 1 is 1.63 bits per heavy atom. The maximum absolute atomic E-state index is 13.8. The van der Waals surface area contributed by atoms with Gasteiger partial charge < -0.3 is 10.5 Å². The molecule has 6 nitrogen and oxygen atoms in total. The Labute approximate surface area is 122 Å². The van der Waals surface area contributed by atoms with Gasteiger partial charge in [-0.25, -0.2) is 12.8 Å². The average molecular weight is 376 g/mol. The molecular weight excluding hydrogens is 367 g/mol. The highest BCUT2D eigenvalue weighted by Crippen LogP contribution is 2.34. The van der Waals surface area contributed by atoms with Crippen molar-refractivity contribution in [3.8, 4) is 0 Å². The Morgan fingerprint density at radius 3 is 2.74 bits per heavy atom. The smallest absolute Gasteiger partial charge is 0.320 e. The summed E-state index contributed by atoms with van der Waals surface area (Å²) in [6.45, 7) is -0.633. The lowest BCUT2D eigenvalue weighted by molar-refractivity contribution is -0.139. The van der Waals surface area contributed by atoms with Crippen LogP contribution in [-0.4, -0.2) is 28.0 Å². The van der Waals surface area contributed by atoms with E-state index in [-0.39, 0.29) is 9.50 Å². The average Bonchev–Trinajstić information content (AvgIpc) is 2.37. The molecule has 0 aliphatic rings. The molecule has 0 radical (unpaired) electrons. The minimum Gasteiger partial charge on any atom is -0.468 e. The van der Waals surface area contributed by atoms with Crippen LogP contribution in [0.1, 0.15) is 0 Å². The summed E-state index contributed by atoms with van der Waals surface area (Å²) in [5.74, 6) is -1.98. The number of benzene rings is 1. The number of nitrogens with one attached hydrogen (secondary N) is 1. The molecule has 0 aliphatic carbocycles. The Morgan fingerprint density at radius 2 is 2.21 bits per heavy atom. The molecule has 0 amide bonds. The number of nitrogen functional groups attached to an aromatic ring is 1. The molecule has 106 valence electrons. The van der Waals surface area contributed by atoms with E-state index in [1.807, 2.05) is 4.72 Å². The molecule has 0 saturated heterocycles. The number of halogens is 3. The summed E-state index contributed by atoms with van der Waals surface area (Å²) in [7, 11) is -3.18. The number of anilines is 1. The van der Waals surface area contributed by atoms with Crippen LogP contribution in [0.4, 0.5) is 10.1 Å². The number of hydrogen-bond donors (Lipinski definition) is 2. The highest BCUT2D eigenvalue weighted by Gasteiger charge is 2.24. The second-order valence-electron chi connectivity index (χ2n) is 3.30. The third kappa shape index (κ3) is 3.56. The van der Waals surface area contributed by atoms with Gasteiger partial charge in [-0.05, 0) is 22.0 Å². The molecule has 0 unspecified atom stereocenters. The molecule has 0 aromatic heterocycles. The molecule has 19 heavy (non-hydrogen) atoms.